The third-order valence-electron chi connectivity index (χ3n) is 2.80. The Balaban J connectivity index is 1.74. The van der Waals surface area contributed by atoms with Gasteiger partial charge in [0.15, 0.2) is 0 Å². The molecule has 0 aromatic carbocycles. The van der Waals surface area contributed by atoms with E-state index in [4.69, 9.17) is 0 Å². The highest BCUT2D eigenvalue weighted by Crippen LogP contribution is 2.49. The molecule has 0 amide bonds. The van der Waals surface area contributed by atoms with E-state index in [1.807, 2.05) is 22.7 Å². The molecule has 3 heterocycles. The number of rotatable bonds is 2. The van der Waals surface area contributed by atoms with Gasteiger partial charge in [-0.1, -0.05) is 12.1 Å². The molecule has 1 fully saturated rings. The number of hydrogen-bond acceptors (Lipinski definition) is 3. The van der Waals surface area contributed by atoms with E-state index < -0.39 is 0 Å². The fourth-order valence-electron chi connectivity index (χ4n) is 2.02. The Bertz CT molecular complexity index is 362. The molecule has 0 radical (unpaired) electrons. The summed E-state index contributed by atoms with van der Waals surface area (Å²) in [6, 6.07) is 8.90. The molecule has 78 valence electrons. The summed E-state index contributed by atoms with van der Waals surface area (Å²) in [5.74, 6) is 2.09. The Labute approximate surface area is 102 Å². The average molecular weight is 252 g/mol. The summed E-state index contributed by atoms with van der Waals surface area (Å²) in [7, 11) is 0. The quantitative estimate of drug-likeness (QED) is 0.742. The van der Waals surface area contributed by atoms with Crippen molar-refractivity contribution in [1.29, 1.82) is 0 Å². The van der Waals surface area contributed by atoms with E-state index in [0.717, 1.165) is 11.2 Å². The van der Waals surface area contributed by atoms with Crippen LogP contribution in [0.3, 0.4) is 0 Å². The summed E-state index contributed by atoms with van der Waals surface area (Å²) in [4.78, 5) is 3.13. The molecule has 0 aliphatic carbocycles. The van der Waals surface area contributed by atoms with Gasteiger partial charge in [0.2, 0.25) is 0 Å². The molecule has 2 aromatic heterocycles. The summed E-state index contributed by atoms with van der Waals surface area (Å²) in [5.41, 5.74) is 0. The average Bonchev–Trinajstić information content (AvgIpc) is 3.02. The van der Waals surface area contributed by atoms with Gasteiger partial charge in [-0.2, -0.15) is 11.8 Å². The minimum Gasteiger partial charge on any atom is -0.152 e. The zero-order valence-electron chi connectivity index (χ0n) is 8.26. The van der Waals surface area contributed by atoms with Crippen LogP contribution in [0.15, 0.2) is 35.0 Å². The zero-order chi connectivity index (χ0) is 10.1. The lowest BCUT2D eigenvalue weighted by Gasteiger charge is -2.06. The van der Waals surface area contributed by atoms with Crippen LogP contribution in [-0.2, 0) is 0 Å². The Morgan fingerprint density at radius 1 is 1.00 bits per heavy atom. The summed E-state index contributed by atoms with van der Waals surface area (Å²) in [6.07, 6.45) is 1.33. The second-order valence-electron chi connectivity index (χ2n) is 3.79. The van der Waals surface area contributed by atoms with Crippen LogP contribution in [0.2, 0.25) is 0 Å². The summed E-state index contributed by atoms with van der Waals surface area (Å²) in [5, 5.41) is 5.13. The molecular formula is C12H12S3. The molecule has 1 aliphatic heterocycles. The first-order valence-electron chi connectivity index (χ1n) is 5.12. The molecule has 0 spiro atoms. The van der Waals surface area contributed by atoms with Gasteiger partial charge in [-0.25, -0.2) is 0 Å². The Morgan fingerprint density at radius 2 is 1.73 bits per heavy atom. The monoisotopic (exact) mass is 252 g/mol. The van der Waals surface area contributed by atoms with Crippen LogP contribution in [0.1, 0.15) is 27.3 Å². The number of thioether (sulfide) groups is 1. The standard InChI is InChI=1S/C12H12S3/c1-3-10(13-5-1)9-7-12(15-8-9)11-4-2-6-14-11/h1-6,9,12H,7-8H2. The number of hydrogen-bond donors (Lipinski definition) is 0. The highest BCUT2D eigenvalue weighted by molar-refractivity contribution is 7.99. The molecule has 0 N–H and O–H groups in total. The lowest BCUT2D eigenvalue weighted by Crippen LogP contribution is -1.92. The van der Waals surface area contributed by atoms with Gasteiger partial charge in [-0.3, -0.25) is 0 Å². The SMILES string of the molecule is c1csc(C2CSC(c3cccs3)C2)c1. The summed E-state index contributed by atoms with van der Waals surface area (Å²) < 4.78 is 0. The smallest absolute Gasteiger partial charge is 0.0397 e. The van der Waals surface area contributed by atoms with Gasteiger partial charge in [-0.05, 0) is 29.3 Å². The molecule has 2 unspecified atom stereocenters. The molecule has 15 heavy (non-hydrogen) atoms. The lowest BCUT2D eigenvalue weighted by atomic mass is 10.0. The van der Waals surface area contributed by atoms with Crippen LogP contribution < -0.4 is 0 Å². The predicted molar refractivity (Wildman–Crippen MR) is 71.2 cm³/mol. The first kappa shape index (κ1) is 9.94. The van der Waals surface area contributed by atoms with Gasteiger partial charge in [0.05, 0.1) is 0 Å². The van der Waals surface area contributed by atoms with Crippen molar-refractivity contribution in [2.24, 2.45) is 0 Å². The summed E-state index contributed by atoms with van der Waals surface area (Å²) in [6.45, 7) is 0. The third-order valence-corrected chi connectivity index (χ3v) is 6.42. The molecule has 0 nitrogen and oxygen atoms in total. The van der Waals surface area contributed by atoms with Crippen LogP contribution >= 0.6 is 34.4 Å². The van der Waals surface area contributed by atoms with Crippen molar-refractivity contribution in [2.45, 2.75) is 17.6 Å². The Kier molecular flexibility index (Phi) is 2.86. The van der Waals surface area contributed by atoms with Crippen molar-refractivity contribution in [3.63, 3.8) is 0 Å². The molecule has 3 heteroatoms. The van der Waals surface area contributed by atoms with E-state index in [9.17, 15) is 0 Å². The van der Waals surface area contributed by atoms with Crippen molar-refractivity contribution < 1.29 is 0 Å². The van der Waals surface area contributed by atoms with E-state index in [1.54, 1.807) is 9.75 Å². The van der Waals surface area contributed by atoms with Crippen molar-refractivity contribution in [2.75, 3.05) is 5.75 Å². The van der Waals surface area contributed by atoms with E-state index in [-0.39, 0.29) is 0 Å². The van der Waals surface area contributed by atoms with E-state index in [1.165, 1.54) is 12.2 Å². The normalized spacial score (nSPS) is 25.9. The number of thiophene rings is 2. The topological polar surface area (TPSA) is 0 Å². The van der Waals surface area contributed by atoms with E-state index in [0.29, 0.717) is 0 Å². The molecule has 2 aromatic rings. The third kappa shape index (κ3) is 2.01. The van der Waals surface area contributed by atoms with Gasteiger partial charge in [0.1, 0.15) is 0 Å². The first-order valence-corrected chi connectivity index (χ1v) is 7.92. The highest BCUT2D eigenvalue weighted by atomic mass is 32.2. The highest BCUT2D eigenvalue weighted by Gasteiger charge is 2.28. The van der Waals surface area contributed by atoms with Crippen molar-refractivity contribution in [3.05, 3.63) is 44.8 Å². The van der Waals surface area contributed by atoms with Crippen molar-refractivity contribution in [3.8, 4) is 0 Å². The van der Waals surface area contributed by atoms with Gasteiger partial charge < -0.3 is 0 Å². The van der Waals surface area contributed by atoms with Crippen LogP contribution in [0.25, 0.3) is 0 Å². The minimum absolute atomic E-state index is 0.747. The second kappa shape index (κ2) is 4.32. The van der Waals surface area contributed by atoms with E-state index >= 15 is 0 Å². The van der Waals surface area contributed by atoms with Gasteiger partial charge >= 0.3 is 0 Å². The van der Waals surface area contributed by atoms with Gasteiger partial charge in [-0.15, -0.1) is 22.7 Å². The minimum atomic E-state index is 0.747. The van der Waals surface area contributed by atoms with Crippen molar-refractivity contribution in [1.82, 2.24) is 0 Å². The molecule has 3 rings (SSSR count). The molecule has 0 saturated carbocycles. The predicted octanol–water partition coefficient (Wildman–Crippen LogP) is 4.77. The van der Waals surface area contributed by atoms with Crippen LogP contribution in [0, 0.1) is 0 Å². The van der Waals surface area contributed by atoms with Gasteiger partial charge in [0.25, 0.3) is 0 Å². The second-order valence-corrected chi connectivity index (χ2v) is 6.98. The van der Waals surface area contributed by atoms with Gasteiger partial charge in [0, 0.05) is 26.7 Å². The molecular weight excluding hydrogens is 240 g/mol. The maximum atomic E-state index is 2.28. The fourth-order valence-corrected chi connectivity index (χ4v) is 5.45. The molecule has 1 aliphatic rings. The van der Waals surface area contributed by atoms with E-state index in [2.05, 4.69) is 46.8 Å². The largest absolute Gasteiger partial charge is 0.152 e. The van der Waals surface area contributed by atoms with Crippen LogP contribution in [0.5, 0.6) is 0 Å². The molecule has 2 atom stereocenters. The zero-order valence-corrected chi connectivity index (χ0v) is 10.7. The lowest BCUT2D eigenvalue weighted by molar-refractivity contribution is 0.732. The maximum Gasteiger partial charge on any atom is 0.0397 e. The first-order chi connectivity index (χ1) is 7.43. The summed E-state index contributed by atoms with van der Waals surface area (Å²) >= 11 is 5.94. The van der Waals surface area contributed by atoms with Crippen LogP contribution in [-0.4, -0.2) is 5.75 Å². The van der Waals surface area contributed by atoms with Crippen LogP contribution in [0.4, 0.5) is 0 Å². The maximum absolute atomic E-state index is 2.28. The molecule has 0 bridgehead atoms. The Morgan fingerprint density at radius 3 is 2.40 bits per heavy atom. The fraction of sp³-hybridized carbons (Fsp3) is 0.333. The molecule has 1 saturated heterocycles. The Hall–Kier alpha value is -0.250. The van der Waals surface area contributed by atoms with Crippen molar-refractivity contribution >= 4 is 34.4 Å².